The van der Waals surface area contributed by atoms with Crippen molar-refractivity contribution in [3.63, 3.8) is 0 Å². The first-order valence-corrected chi connectivity index (χ1v) is 9.38. The smallest absolute Gasteiger partial charge is 0.326 e. The standard InChI is InChI=1S/C22H22N2O5/c1-12-9-10-15(25)14(11-12)18-16-17(22(2,23-18)21(28)29-3)20(27)24(19(16)26)13-7-5-4-6-8-13/h4-11,16-18,23,25H,1-3H3/t16-,17-,18-,22-/m0/s1. The molecular weight excluding hydrogens is 372 g/mol. The number of benzene rings is 2. The van der Waals surface area contributed by atoms with E-state index in [0.29, 0.717) is 11.3 Å². The van der Waals surface area contributed by atoms with Crippen LogP contribution >= 0.6 is 0 Å². The number of imide groups is 1. The number of nitrogens with one attached hydrogen (secondary N) is 1. The van der Waals surface area contributed by atoms with Crippen molar-refractivity contribution in [2.45, 2.75) is 25.4 Å². The lowest BCUT2D eigenvalue weighted by molar-refractivity contribution is -0.151. The molecule has 0 unspecified atom stereocenters. The third-order valence-electron chi connectivity index (χ3n) is 5.93. The van der Waals surface area contributed by atoms with Gasteiger partial charge in [-0.25, -0.2) is 4.90 Å². The number of aryl methyl sites for hydroxylation is 1. The van der Waals surface area contributed by atoms with Crippen LogP contribution in [-0.2, 0) is 19.1 Å². The molecule has 2 aliphatic rings. The normalized spacial score (nSPS) is 28.5. The summed E-state index contributed by atoms with van der Waals surface area (Å²) < 4.78 is 4.96. The van der Waals surface area contributed by atoms with Crippen LogP contribution in [0.1, 0.15) is 24.1 Å². The van der Waals surface area contributed by atoms with Crippen LogP contribution in [0, 0.1) is 18.8 Å². The fourth-order valence-electron chi connectivity index (χ4n) is 4.56. The minimum atomic E-state index is -1.41. The first kappa shape index (κ1) is 19.1. The van der Waals surface area contributed by atoms with Gasteiger partial charge in [-0.05, 0) is 32.0 Å². The molecule has 0 saturated carbocycles. The fraction of sp³-hybridized carbons (Fsp3) is 0.318. The summed E-state index contributed by atoms with van der Waals surface area (Å²) in [5.41, 5.74) is 0.413. The van der Waals surface area contributed by atoms with Crippen molar-refractivity contribution in [1.82, 2.24) is 5.32 Å². The molecule has 2 N–H and O–H groups in total. The Morgan fingerprint density at radius 1 is 1.14 bits per heavy atom. The number of phenols is 1. The van der Waals surface area contributed by atoms with Crippen molar-refractivity contribution < 1.29 is 24.2 Å². The average molecular weight is 394 g/mol. The number of hydrogen-bond acceptors (Lipinski definition) is 6. The summed E-state index contributed by atoms with van der Waals surface area (Å²) in [5, 5.41) is 13.6. The number of para-hydroxylation sites is 1. The lowest BCUT2D eigenvalue weighted by Crippen LogP contribution is -2.54. The SMILES string of the molecule is COC(=O)[C@@]1(C)N[C@@H](c2cc(C)ccc2O)[C@H]2C(=O)N(c3ccccc3)C(=O)[C@H]21. The summed E-state index contributed by atoms with van der Waals surface area (Å²) in [6.45, 7) is 3.44. The number of fused-ring (bicyclic) bond motifs is 1. The van der Waals surface area contributed by atoms with Crippen molar-refractivity contribution in [2.24, 2.45) is 11.8 Å². The number of rotatable bonds is 3. The van der Waals surface area contributed by atoms with Gasteiger partial charge < -0.3 is 9.84 Å². The molecule has 0 radical (unpaired) electrons. The summed E-state index contributed by atoms with van der Waals surface area (Å²) in [6, 6.07) is 13.0. The van der Waals surface area contributed by atoms with Gasteiger partial charge in [0.15, 0.2) is 0 Å². The molecule has 2 heterocycles. The predicted octanol–water partition coefficient (Wildman–Crippen LogP) is 2.08. The van der Waals surface area contributed by atoms with Crippen LogP contribution in [-0.4, -0.2) is 35.5 Å². The minimum Gasteiger partial charge on any atom is -0.508 e. The number of carbonyl (C=O) groups excluding carboxylic acids is 3. The van der Waals surface area contributed by atoms with E-state index in [1.807, 2.05) is 6.92 Å². The predicted molar refractivity (Wildman–Crippen MR) is 105 cm³/mol. The van der Waals surface area contributed by atoms with E-state index in [2.05, 4.69) is 5.32 Å². The maximum Gasteiger partial charge on any atom is 0.326 e. The second kappa shape index (κ2) is 6.70. The topological polar surface area (TPSA) is 95.9 Å². The second-order valence-electron chi connectivity index (χ2n) is 7.73. The minimum absolute atomic E-state index is 0.000578. The molecular formula is C22H22N2O5. The van der Waals surface area contributed by atoms with E-state index < -0.39 is 41.2 Å². The third-order valence-corrected chi connectivity index (χ3v) is 5.93. The van der Waals surface area contributed by atoms with Gasteiger partial charge >= 0.3 is 5.97 Å². The van der Waals surface area contributed by atoms with E-state index in [9.17, 15) is 19.5 Å². The van der Waals surface area contributed by atoms with E-state index in [-0.39, 0.29) is 5.75 Å². The molecule has 0 bridgehead atoms. The summed E-state index contributed by atoms with van der Waals surface area (Å²) in [7, 11) is 1.25. The van der Waals surface area contributed by atoms with Crippen LogP contribution in [0.4, 0.5) is 5.69 Å². The number of esters is 1. The summed E-state index contributed by atoms with van der Waals surface area (Å²) in [5.74, 6) is -3.29. The van der Waals surface area contributed by atoms with Crippen molar-refractivity contribution >= 4 is 23.5 Å². The molecule has 2 aromatic carbocycles. The van der Waals surface area contributed by atoms with Crippen LogP contribution < -0.4 is 10.2 Å². The Labute approximate surface area is 168 Å². The molecule has 29 heavy (non-hydrogen) atoms. The van der Waals surface area contributed by atoms with E-state index in [1.54, 1.807) is 55.5 Å². The number of anilines is 1. The lowest BCUT2D eigenvalue weighted by Gasteiger charge is -2.28. The molecule has 2 aliphatic heterocycles. The summed E-state index contributed by atoms with van der Waals surface area (Å²) in [6.07, 6.45) is 0. The van der Waals surface area contributed by atoms with Crippen LogP contribution in [0.15, 0.2) is 48.5 Å². The molecule has 4 atom stereocenters. The molecule has 7 heteroatoms. The zero-order valence-electron chi connectivity index (χ0n) is 16.4. The highest BCUT2D eigenvalue weighted by atomic mass is 16.5. The quantitative estimate of drug-likeness (QED) is 0.611. The lowest BCUT2D eigenvalue weighted by atomic mass is 9.80. The number of methoxy groups -OCH3 is 1. The van der Waals surface area contributed by atoms with Crippen LogP contribution in [0.2, 0.25) is 0 Å². The molecule has 150 valence electrons. The Kier molecular flexibility index (Phi) is 4.42. The third kappa shape index (κ3) is 2.73. The number of ether oxygens (including phenoxy) is 1. The molecule has 2 aromatic rings. The first-order valence-electron chi connectivity index (χ1n) is 9.38. The Bertz CT molecular complexity index is 1010. The van der Waals surface area contributed by atoms with Gasteiger partial charge in [0.1, 0.15) is 11.3 Å². The number of aromatic hydroxyl groups is 1. The number of nitrogens with zero attached hydrogens (tertiary/aromatic N) is 1. The molecule has 2 fully saturated rings. The Hall–Kier alpha value is -3.19. The van der Waals surface area contributed by atoms with E-state index >= 15 is 0 Å². The molecule has 2 amide bonds. The fourth-order valence-corrected chi connectivity index (χ4v) is 4.56. The largest absolute Gasteiger partial charge is 0.508 e. The van der Waals surface area contributed by atoms with Crippen LogP contribution in [0.5, 0.6) is 5.75 Å². The molecule has 0 spiro atoms. The zero-order chi connectivity index (χ0) is 20.9. The van der Waals surface area contributed by atoms with Gasteiger partial charge in [0.25, 0.3) is 0 Å². The molecule has 2 saturated heterocycles. The van der Waals surface area contributed by atoms with E-state index in [0.717, 1.165) is 10.5 Å². The molecule has 7 nitrogen and oxygen atoms in total. The summed E-state index contributed by atoms with van der Waals surface area (Å²) >= 11 is 0. The number of carbonyl (C=O) groups is 3. The van der Waals surface area contributed by atoms with Crippen molar-refractivity contribution in [3.8, 4) is 5.75 Å². The first-order chi connectivity index (χ1) is 13.8. The Morgan fingerprint density at radius 2 is 1.83 bits per heavy atom. The highest BCUT2D eigenvalue weighted by Crippen LogP contribution is 2.51. The number of phenolic OH excluding ortho intramolecular Hbond substituents is 1. The molecule has 4 rings (SSSR count). The van der Waals surface area contributed by atoms with E-state index in [1.165, 1.54) is 7.11 Å². The van der Waals surface area contributed by atoms with Gasteiger partial charge in [0.2, 0.25) is 11.8 Å². The highest BCUT2D eigenvalue weighted by molar-refractivity contribution is 6.24. The highest BCUT2D eigenvalue weighted by Gasteiger charge is 2.67. The number of hydrogen-bond donors (Lipinski definition) is 2. The van der Waals surface area contributed by atoms with Crippen molar-refractivity contribution in [3.05, 3.63) is 59.7 Å². The number of amides is 2. The van der Waals surface area contributed by atoms with Gasteiger partial charge in [0, 0.05) is 11.6 Å². The summed E-state index contributed by atoms with van der Waals surface area (Å²) in [4.78, 5) is 40.6. The Balaban J connectivity index is 1.87. The van der Waals surface area contributed by atoms with Gasteiger partial charge in [-0.1, -0.05) is 35.9 Å². The van der Waals surface area contributed by atoms with Gasteiger partial charge in [-0.15, -0.1) is 0 Å². The van der Waals surface area contributed by atoms with Crippen molar-refractivity contribution in [2.75, 3.05) is 12.0 Å². The van der Waals surface area contributed by atoms with Gasteiger partial charge in [-0.2, -0.15) is 0 Å². The maximum atomic E-state index is 13.4. The second-order valence-corrected chi connectivity index (χ2v) is 7.73. The molecule has 0 aromatic heterocycles. The maximum absolute atomic E-state index is 13.4. The average Bonchev–Trinajstić information content (AvgIpc) is 3.17. The van der Waals surface area contributed by atoms with Crippen molar-refractivity contribution in [1.29, 1.82) is 0 Å². The Morgan fingerprint density at radius 3 is 2.48 bits per heavy atom. The zero-order valence-corrected chi connectivity index (χ0v) is 16.4. The van der Waals surface area contributed by atoms with Gasteiger partial charge in [0.05, 0.1) is 24.6 Å². The van der Waals surface area contributed by atoms with Crippen LogP contribution in [0.25, 0.3) is 0 Å². The van der Waals surface area contributed by atoms with Crippen LogP contribution in [0.3, 0.4) is 0 Å². The van der Waals surface area contributed by atoms with E-state index in [4.69, 9.17) is 4.74 Å². The van der Waals surface area contributed by atoms with Gasteiger partial charge in [-0.3, -0.25) is 19.7 Å². The molecule has 0 aliphatic carbocycles. The monoisotopic (exact) mass is 394 g/mol.